The Labute approximate surface area is 137 Å². The second-order valence-corrected chi connectivity index (χ2v) is 7.04. The van der Waals surface area contributed by atoms with Crippen molar-refractivity contribution in [2.45, 2.75) is 64.3 Å². The van der Waals surface area contributed by atoms with Crippen LogP contribution in [0.15, 0.2) is 30.3 Å². The lowest BCUT2D eigenvalue weighted by atomic mass is 10.1. The van der Waals surface area contributed by atoms with Crippen molar-refractivity contribution in [1.82, 2.24) is 4.90 Å². The molecule has 2 atom stereocenters. The summed E-state index contributed by atoms with van der Waals surface area (Å²) in [6.07, 6.45) is 1.38. The number of nitrogens with zero attached hydrogens (tertiary/aromatic N) is 1. The van der Waals surface area contributed by atoms with Crippen LogP contribution < -0.4 is 0 Å². The maximum Gasteiger partial charge on any atom is 0.323 e. The lowest BCUT2D eigenvalue weighted by molar-refractivity contribution is -0.161. The molecule has 1 aromatic rings. The first-order valence-corrected chi connectivity index (χ1v) is 8.00. The quantitative estimate of drug-likeness (QED) is 0.845. The molecular formula is C18H25NO4. The molecule has 1 aromatic carbocycles. The molecule has 5 nitrogen and oxygen atoms in total. The summed E-state index contributed by atoms with van der Waals surface area (Å²) in [6.45, 7) is 6.09. The second-order valence-electron chi connectivity index (χ2n) is 7.04. The number of carboxylic acids is 1. The highest BCUT2D eigenvalue weighted by Crippen LogP contribution is 2.30. The summed E-state index contributed by atoms with van der Waals surface area (Å²) in [5.41, 5.74) is 0.527. The van der Waals surface area contributed by atoms with Crippen molar-refractivity contribution in [3.8, 4) is 0 Å². The topological polar surface area (TPSA) is 66.8 Å². The van der Waals surface area contributed by atoms with E-state index in [0.717, 1.165) is 5.56 Å². The van der Waals surface area contributed by atoms with Gasteiger partial charge in [0, 0.05) is 12.6 Å². The van der Waals surface area contributed by atoms with E-state index >= 15 is 0 Å². The van der Waals surface area contributed by atoms with Gasteiger partial charge in [-0.05, 0) is 39.2 Å². The zero-order valence-corrected chi connectivity index (χ0v) is 14.0. The van der Waals surface area contributed by atoms with Crippen LogP contribution in [0, 0.1) is 0 Å². The summed E-state index contributed by atoms with van der Waals surface area (Å²) in [7, 11) is 0. The molecule has 1 fully saturated rings. The van der Waals surface area contributed by atoms with Gasteiger partial charge in [-0.1, -0.05) is 30.3 Å². The van der Waals surface area contributed by atoms with E-state index in [1.165, 1.54) is 0 Å². The number of ether oxygens (including phenoxy) is 1. The summed E-state index contributed by atoms with van der Waals surface area (Å²) in [6, 6.07) is 9.29. The van der Waals surface area contributed by atoms with Crippen LogP contribution in [0.3, 0.4) is 0 Å². The molecule has 126 valence electrons. The summed E-state index contributed by atoms with van der Waals surface area (Å²) in [5, 5.41) is 9.13. The number of carbonyl (C=O) groups excluding carboxylic acids is 1. The summed E-state index contributed by atoms with van der Waals surface area (Å²) in [4.78, 5) is 25.6. The Morgan fingerprint density at radius 3 is 2.43 bits per heavy atom. The fraction of sp³-hybridized carbons (Fsp3) is 0.556. The number of aliphatic carboxylic acids is 1. The van der Waals surface area contributed by atoms with E-state index in [-0.39, 0.29) is 24.5 Å². The number of carbonyl (C=O) groups is 2. The van der Waals surface area contributed by atoms with Gasteiger partial charge in [-0.15, -0.1) is 0 Å². The van der Waals surface area contributed by atoms with Crippen molar-refractivity contribution in [1.29, 1.82) is 0 Å². The standard InChI is InChI=1S/C18H25NO4/c1-18(2,3)23-17(22)15-10-9-14(11-16(20)21)19(15)12-13-7-5-4-6-8-13/h4-8,14-15H,9-12H2,1-3H3,(H,20,21). The number of hydrogen-bond donors (Lipinski definition) is 1. The predicted molar refractivity (Wildman–Crippen MR) is 86.9 cm³/mol. The molecule has 1 aliphatic rings. The van der Waals surface area contributed by atoms with Crippen molar-refractivity contribution in [2.75, 3.05) is 0 Å². The minimum absolute atomic E-state index is 0.0477. The minimum atomic E-state index is -0.835. The monoisotopic (exact) mass is 319 g/mol. The first-order valence-electron chi connectivity index (χ1n) is 8.00. The van der Waals surface area contributed by atoms with Crippen LogP contribution in [0.25, 0.3) is 0 Å². The average molecular weight is 319 g/mol. The lowest BCUT2D eigenvalue weighted by Gasteiger charge is -2.30. The lowest BCUT2D eigenvalue weighted by Crippen LogP contribution is -2.43. The molecule has 0 bridgehead atoms. The van der Waals surface area contributed by atoms with Gasteiger partial charge in [0.05, 0.1) is 6.42 Å². The Balaban J connectivity index is 2.16. The van der Waals surface area contributed by atoms with Gasteiger partial charge in [0.2, 0.25) is 0 Å². The number of carboxylic acid groups (broad SMARTS) is 1. The molecule has 0 aliphatic carbocycles. The smallest absolute Gasteiger partial charge is 0.323 e. The molecule has 0 aromatic heterocycles. The zero-order valence-electron chi connectivity index (χ0n) is 14.0. The highest BCUT2D eigenvalue weighted by molar-refractivity contribution is 5.77. The summed E-state index contributed by atoms with van der Waals surface area (Å²) >= 11 is 0. The van der Waals surface area contributed by atoms with Gasteiger partial charge in [0.25, 0.3) is 0 Å². The fourth-order valence-electron chi connectivity index (χ4n) is 3.01. The van der Waals surface area contributed by atoms with Crippen LogP contribution in [0.1, 0.15) is 45.6 Å². The van der Waals surface area contributed by atoms with E-state index < -0.39 is 11.6 Å². The summed E-state index contributed by atoms with van der Waals surface area (Å²) < 4.78 is 5.51. The van der Waals surface area contributed by atoms with Crippen molar-refractivity contribution in [3.63, 3.8) is 0 Å². The fourth-order valence-corrected chi connectivity index (χ4v) is 3.01. The molecule has 5 heteroatoms. The van der Waals surface area contributed by atoms with Gasteiger partial charge < -0.3 is 9.84 Å². The Morgan fingerprint density at radius 2 is 1.87 bits per heavy atom. The highest BCUT2D eigenvalue weighted by Gasteiger charge is 2.40. The highest BCUT2D eigenvalue weighted by atomic mass is 16.6. The van der Waals surface area contributed by atoms with E-state index in [0.29, 0.717) is 19.4 Å². The third-order valence-corrected chi connectivity index (χ3v) is 3.94. The van der Waals surface area contributed by atoms with E-state index in [9.17, 15) is 9.59 Å². The van der Waals surface area contributed by atoms with Crippen molar-refractivity contribution >= 4 is 11.9 Å². The average Bonchev–Trinajstić information content (AvgIpc) is 2.80. The third-order valence-electron chi connectivity index (χ3n) is 3.94. The second kappa shape index (κ2) is 7.13. The molecule has 0 radical (unpaired) electrons. The normalized spacial score (nSPS) is 22.0. The number of likely N-dealkylation sites (tertiary alicyclic amines) is 1. The van der Waals surface area contributed by atoms with Crippen molar-refractivity contribution < 1.29 is 19.4 Å². The Kier molecular flexibility index (Phi) is 5.42. The van der Waals surface area contributed by atoms with E-state index in [1.807, 2.05) is 56.0 Å². The number of benzene rings is 1. The van der Waals surface area contributed by atoms with Crippen LogP contribution in [0.4, 0.5) is 0 Å². The van der Waals surface area contributed by atoms with Crippen LogP contribution >= 0.6 is 0 Å². The number of hydrogen-bond acceptors (Lipinski definition) is 4. The van der Waals surface area contributed by atoms with Crippen LogP contribution in [0.5, 0.6) is 0 Å². The molecule has 0 spiro atoms. The maximum absolute atomic E-state index is 12.5. The molecule has 0 saturated carbocycles. The van der Waals surface area contributed by atoms with Gasteiger partial charge in [-0.2, -0.15) is 0 Å². The first-order chi connectivity index (χ1) is 10.8. The van der Waals surface area contributed by atoms with Gasteiger partial charge in [-0.3, -0.25) is 14.5 Å². The molecule has 1 aliphatic heterocycles. The van der Waals surface area contributed by atoms with Crippen molar-refractivity contribution in [3.05, 3.63) is 35.9 Å². The molecule has 1 heterocycles. The van der Waals surface area contributed by atoms with Crippen LogP contribution in [-0.2, 0) is 20.9 Å². The number of rotatable bonds is 5. The van der Waals surface area contributed by atoms with Gasteiger partial charge >= 0.3 is 11.9 Å². The van der Waals surface area contributed by atoms with Gasteiger partial charge in [0.1, 0.15) is 11.6 Å². The Bertz CT molecular complexity index is 550. The van der Waals surface area contributed by atoms with Crippen LogP contribution in [-0.4, -0.2) is 39.6 Å². The van der Waals surface area contributed by atoms with E-state index in [1.54, 1.807) is 0 Å². The minimum Gasteiger partial charge on any atom is -0.481 e. The van der Waals surface area contributed by atoms with Gasteiger partial charge in [-0.25, -0.2) is 0 Å². The molecule has 2 rings (SSSR count). The SMILES string of the molecule is CC(C)(C)OC(=O)C1CCC(CC(=O)O)N1Cc1ccccc1. The third kappa shape index (κ3) is 5.06. The molecule has 0 amide bonds. The Hall–Kier alpha value is -1.88. The number of esters is 1. The molecule has 23 heavy (non-hydrogen) atoms. The summed E-state index contributed by atoms with van der Waals surface area (Å²) in [5.74, 6) is -1.10. The largest absolute Gasteiger partial charge is 0.481 e. The molecule has 1 saturated heterocycles. The van der Waals surface area contributed by atoms with E-state index in [2.05, 4.69) is 0 Å². The van der Waals surface area contributed by atoms with Crippen molar-refractivity contribution in [2.24, 2.45) is 0 Å². The predicted octanol–water partition coefficient (Wildman–Crippen LogP) is 2.84. The first kappa shape index (κ1) is 17.5. The Morgan fingerprint density at radius 1 is 1.22 bits per heavy atom. The van der Waals surface area contributed by atoms with Gasteiger partial charge in [0.15, 0.2) is 0 Å². The van der Waals surface area contributed by atoms with Crippen LogP contribution in [0.2, 0.25) is 0 Å². The molecular weight excluding hydrogens is 294 g/mol. The zero-order chi connectivity index (χ0) is 17.0. The molecule has 2 unspecified atom stereocenters. The maximum atomic E-state index is 12.5. The molecule has 1 N–H and O–H groups in total. The van der Waals surface area contributed by atoms with E-state index in [4.69, 9.17) is 9.84 Å².